The molecule has 0 aromatic heterocycles. The van der Waals surface area contributed by atoms with Crippen molar-refractivity contribution in [2.45, 2.75) is 110 Å². The lowest BCUT2D eigenvalue weighted by atomic mass is 10.1. The van der Waals surface area contributed by atoms with Crippen molar-refractivity contribution < 1.29 is 47.6 Å². The van der Waals surface area contributed by atoms with E-state index in [9.17, 15) is 19.2 Å². The molecule has 5 aromatic carbocycles. The molecule has 0 aliphatic rings. The van der Waals surface area contributed by atoms with Crippen LogP contribution in [0.1, 0.15) is 150 Å². The quantitative estimate of drug-likeness (QED) is 0.0190. The van der Waals surface area contributed by atoms with Crippen molar-refractivity contribution in [2.75, 3.05) is 13.2 Å². The van der Waals surface area contributed by atoms with Crippen LogP contribution in [-0.4, -0.2) is 37.1 Å². The van der Waals surface area contributed by atoms with E-state index in [1.807, 2.05) is 12.2 Å². The Morgan fingerprint density at radius 3 is 0.985 bits per heavy atom. The van der Waals surface area contributed by atoms with Gasteiger partial charge in [-0.15, -0.1) is 13.2 Å². The van der Waals surface area contributed by atoms with Gasteiger partial charge in [0.05, 0.1) is 35.5 Å². The Hall–Kier alpha value is -6.94. The van der Waals surface area contributed by atoms with Crippen molar-refractivity contribution in [1.82, 2.24) is 0 Å². The topological polar surface area (TPSA) is 124 Å². The molecule has 0 bridgehead atoms. The number of hydrogen-bond donors (Lipinski definition) is 0. The number of unbranched alkanes of at least 4 members (excludes halogenated alkanes) is 14. The molecule has 67 heavy (non-hydrogen) atoms. The predicted molar refractivity (Wildman–Crippen MR) is 262 cm³/mol. The van der Waals surface area contributed by atoms with Crippen LogP contribution in [0.4, 0.5) is 0 Å². The lowest BCUT2D eigenvalue weighted by Gasteiger charge is -2.12. The van der Waals surface area contributed by atoms with Crippen LogP contribution in [0.15, 0.2) is 141 Å². The molecule has 0 spiro atoms. The fourth-order valence-corrected chi connectivity index (χ4v) is 7.09. The van der Waals surface area contributed by atoms with E-state index >= 15 is 0 Å². The van der Waals surface area contributed by atoms with Gasteiger partial charge in [-0.2, -0.15) is 0 Å². The Bertz CT molecular complexity index is 2150. The lowest BCUT2D eigenvalue weighted by molar-refractivity contribution is 0.0721. The predicted octanol–water partition coefficient (Wildman–Crippen LogP) is 14.2. The first kappa shape index (κ1) is 51.1. The first-order valence-electron chi connectivity index (χ1n) is 23.6. The number of ether oxygens (including phenoxy) is 6. The zero-order valence-electron chi connectivity index (χ0n) is 38.8. The van der Waals surface area contributed by atoms with E-state index in [0.717, 1.165) is 38.5 Å². The van der Waals surface area contributed by atoms with E-state index < -0.39 is 23.9 Å². The van der Waals surface area contributed by atoms with Crippen LogP contribution in [0.25, 0.3) is 0 Å². The highest BCUT2D eigenvalue weighted by atomic mass is 16.6. The molecule has 0 radical (unpaired) electrons. The van der Waals surface area contributed by atoms with Gasteiger partial charge >= 0.3 is 23.9 Å². The van der Waals surface area contributed by atoms with Crippen molar-refractivity contribution in [3.05, 3.63) is 168 Å². The highest BCUT2D eigenvalue weighted by molar-refractivity contribution is 5.94. The Labute approximate surface area is 395 Å². The van der Waals surface area contributed by atoms with E-state index in [1.165, 1.54) is 113 Å². The van der Waals surface area contributed by atoms with Crippen LogP contribution < -0.4 is 28.4 Å². The monoisotopic (exact) mass is 908 g/mol. The molecule has 0 N–H and O–H groups in total. The van der Waals surface area contributed by atoms with Gasteiger partial charge in [-0.1, -0.05) is 82.4 Å². The number of esters is 4. The second-order valence-electron chi connectivity index (χ2n) is 16.3. The molecule has 0 aliphatic carbocycles. The molecule has 0 amide bonds. The molecule has 0 heterocycles. The van der Waals surface area contributed by atoms with E-state index in [-0.39, 0.29) is 34.1 Å². The Kier molecular flexibility index (Phi) is 22.0. The normalized spacial score (nSPS) is 10.7. The summed E-state index contributed by atoms with van der Waals surface area (Å²) in [5.74, 6) is -0.113. The largest absolute Gasteiger partial charge is 0.494 e. The first-order valence-corrected chi connectivity index (χ1v) is 23.6. The van der Waals surface area contributed by atoms with Crippen LogP contribution in [0.3, 0.4) is 0 Å². The Morgan fingerprint density at radius 2 is 0.657 bits per heavy atom. The molecule has 5 rings (SSSR count). The third-order valence-electron chi connectivity index (χ3n) is 11.1. The smallest absolute Gasteiger partial charge is 0.343 e. The average molecular weight is 909 g/mol. The fourth-order valence-electron chi connectivity index (χ4n) is 7.09. The second kappa shape index (κ2) is 28.9. The van der Waals surface area contributed by atoms with Crippen molar-refractivity contribution >= 4 is 23.9 Å². The fraction of sp³-hybridized carbons (Fsp3) is 0.333. The molecule has 5 aromatic rings. The van der Waals surface area contributed by atoms with E-state index in [2.05, 4.69) is 13.2 Å². The van der Waals surface area contributed by atoms with E-state index in [4.69, 9.17) is 28.4 Å². The zero-order chi connectivity index (χ0) is 47.5. The molecule has 0 atom stereocenters. The minimum atomic E-state index is -0.656. The van der Waals surface area contributed by atoms with Crippen molar-refractivity contribution in [3.63, 3.8) is 0 Å². The third-order valence-corrected chi connectivity index (χ3v) is 11.1. The summed E-state index contributed by atoms with van der Waals surface area (Å²) in [5.41, 5.74) is 1.59. The van der Waals surface area contributed by atoms with Crippen LogP contribution in [0, 0.1) is 6.92 Å². The van der Waals surface area contributed by atoms with Crippen molar-refractivity contribution in [1.29, 1.82) is 0 Å². The second-order valence-corrected chi connectivity index (χ2v) is 16.3. The van der Waals surface area contributed by atoms with Gasteiger partial charge in [-0.25, -0.2) is 19.2 Å². The standard InChI is InChI=1S/C57H64O10/c1-4-6-8-10-12-14-16-18-20-41-62-48-33-25-44(26-34-48)54(58)64-50-37-29-46(30-38-50)56(60)66-52-23-22-24-53(43(52)3)67-57(61)47-31-39-51(40-32-47)65-55(59)45-27-35-49(36-28-45)63-42-21-19-17-15-13-11-9-7-5-2/h4-5,22-40H,1-2,6-21,41-42H2,3H3. The molecule has 0 saturated heterocycles. The Balaban J connectivity index is 1.01. The summed E-state index contributed by atoms with van der Waals surface area (Å²) >= 11 is 0. The van der Waals surface area contributed by atoms with Crippen molar-refractivity contribution in [2.24, 2.45) is 0 Å². The summed E-state index contributed by atoms with van der Waals surface area (Å²) < 4.78 is 34.1. The molecular weight excluding hydrogens is 845 g/mol. The van der Waals surface area contributed by atoms with E-state index in [1.54, 1.807) is 73.7 Å². The van der Waals surface area contributed by atoms with Gasteiger partial charge in [-0.3, -0.25) is 0 Å². The molecule has 10 heteroatoms. The van der Waals surface area contributed by atoms with Gasteiger partial charge in [0.1, 0.15) is 34.5 Å². The van der Waals surface area contributed by atoms with Crippen LogP contribution in [0.5, 0.6) is 34.5 Å². The minimum Gasteiger partial charge on any atom is -0.494 e. The maximum absolute atomic E-state index is 13.1. The van der Waals surface area contributed by atoms with Crippen LogP contribution in [0.2, 0.25) is 0 Å². The van der Waals surface area contributed by atoms with Gasteiger partial charge in [0.25, 0.3) is 0 Å². The zero-order valence-corrected chi connectivity index (χ0v) is 38.8. The number of benzene rings is 5. The summed E-state index contributed by atoms with van der Waals surface area (Å²) in [7, 11) is 0. The van der Waals surface area contributed by atoms with Crippen molar-refractivity contribution in [3.8, 4) is 34.5 Å². The number of allylic oxidation sites excluding steroid dienone is 2. The molecule has 10 nitrogen and oxygen atoms in total. The summed E-state index contributed by atoms with van der Waals surface area (Å²) in [6.45, 7) is 10.4. The highest BCUT2D eigenvalue weighted by Crippen LogP contribution is 2.30. The summed E-state index contributed by atoms with van der Waals surface area (Å²) in [4.78, 5) is 51.9. The minimum absolute atomic E-state index is 0.196. The maximum atomic E-state index is 13.1. The van der Waals surface area contributed by atoms with E-state index in [0.29, 0.717) is 41.4 Å². The molecule has 0 aliphatic heterocycles. The average Bonchev–Trinajstić information content (AvgIpc) is 3.34. The van der Waals surface area contributed by atoms with Gasteiger partial charge in [-0.05, 0) is 155 Å². The van der Waals surface area contributed by atoms with Gasteiger partial charge in [0.2, 0.25) is 0 Å². The summed E-state index contributed by atoms with van der Waals surface area (Å²) in [6, 6.07) is 30.4. The highest BCUT2D eigenvalue weighted by Gasteiger charge is 2.18. The molecular formula is C57H64O10. The number of rotatable bonds is 30. The molecule has 352 valence electrons. The lowest BCUT2D eigenvalue weighted by Crippen LogP contribution is -2.12. The molecule has 0 fully saturated rings. The number of carbonyl (C=O) groups excluding carboxylic acids is 4. The van der Waals surface area contributed by atoms with Gasteiger partial charge < -0.3 is 28.4 Å². The third kappa shape index (κ3) is 18.1. The molecule has 0 unspecified atom stereocenters. The number of hydrogen-bond acceptors (Lipinski definition) is 10. The van der Waals surface area contributed by atoms with Gasteiger partial charge in [0.15, 0.2) is 0 Å². The summed E-state index contributed by atoms with van der Waals surface area (Å²) in [6.07, 6.45) is 22.7. The first-order chi connectivity index (χ1) is 32.7. The Morgan fingerprint density at radius 1 is 0.373 bits per heavy atom. The SMILES string of the molecule is C=CCCCCCCCCCOc1ccc(C(=O)Oc2ccc(C(=O)Oc3cccc(OC(=O)c4ccc(OC(=O)c5ccc(OCCCCCCCCCC=C)cc5)cc4)c3C)cc2)cc1. The maximum Gasteiger partial charge on any atom is 0.343 e. The number of carbonyl (C=O) groups is 4. The molecule has 0 saturated carbocycles. The van der Waals surface area contributed by atoms with Crippen LogP contribution in [-0.2, 0) is 0 Å². The van der Waals surface area contributed by atoms with Gasteiger partial charge in [0, 0.05) is 5.56 Å². The summed E-state index contributed by atoms with van der Waals surface area (Å²) in [5, 5.41) is 0. The van der Waals surface area contributed by atoms with Crippen LogP contribution >= 0.6 is 0 Å².